The number of morpholine rings is 1. The Balaban J connectivity index is 1.72. The lowest BCUT2D eigenvalue weighted by Crippen LogP contribution is -3.14. The fraction of sp³-hybridized carbons (Fsp3) is 0.381. The first-order valence-electron chi connectivity index (χ1n) is 9.33. The summed E-state index contributed by atoms with van der Waals surface area (Å²) in [6, 6.07) is 14.6. The van der Waals surface area contributed by atoms with E-state index < -0.39 is 0 Å². The van der Waals surface area contributed by atoms with Gasteiger partial charge in [-0.15, -0.1) is 0 Å². The molecule has 4 nitrogen and oxygen atoms in total. The third-order valence-corrected chi connectivity index (χ3v) is 5.62. The molecule has 0 saturated carbocycles. The number of anilines is 1. The van der Waals surface area contributed by atoms with Gasteiger partial charge >= 0.3 is 0 Å². The second-order valence-corrected chi connectivity index (χ2v) is 7.86. The van der Waals surface area contributed by atoms with Crippen LogP contribution in [0.5, 0.6) is 0 Å². The molecule has 0 aromatic heterocycles. The zero-order chi connectivity index (χ0) is 19.2. The molecule has 6 heteroatoms. The highest BCUT2D eigenvalue weighted by Crippen LogP contribution is 2.23. The number of benzene rings is 2. The van der Waals surface area contributed by atoms with E-state index in [1.165, 1.54) is 16.0 Å². The number of thiocarbonyl (C=S) groups is 1. The van der Waals surface area contributed by atoms with E-state index in [2.05, 4.69) is 41.8 Å². The zero-order valence-electron chi connectivity index (χ0n) is 15.8. The molecular weight excluding hydrogens is 378 g/mol. The molecule has 0 spiro atoms. The Morgan fingerprint density at radius 3 is 2.56 bits per heavy atom. The van der Waals surface area contributed by atoms with E-state index in [4.69, 9.17) is 28.6 Å². The number of halogens is 1. The second-order valence-electron chi connectivity index (χ2n) is 7.04. The number of hydrogen-bond donors (Lipinski definition) is 3. The first-order chi connectivity index (χ1) is 13.0. The summed E-state index contributed by atoms with van der Waals surface area (Å²) in [5.41, 5.74) is 4.42. The number of ether oxygens (including phenoxy) is 1. The highest BCUT2D eigenvalue weighted by Gasteiger charge is 2.22. The van der Waals surface area contributed by atoms with Crippen LogP contribution in [0.25, 0.3) is 0 Å². The van der Waals surface area contributed by atoms with Gasteiger partial charge in [-0.3, -0.25) is 0 Å². The van der Waals surface area contributed by atoms with Gasteiger partial charge in [0.15, 0.2) is 5.11 Å². The SMILES string of the molecule is Cc1ccc([C@H](C[NH+]2CCOCC2)NC(=S)Nc2cccc(Cl)c2C)cc1. The monoisotopic (exact) mass is 404 g/mol. The predicted molar refractivity (Wildman–Crippen MR) is 116 cm³/mol. The minimum atomic E-state index is 0.137. The summed E-state index contributed by atoms with van der Waals surface area (Å²) < 4.78 is 5.50. The molecular formula is C21H27ClN3OS+. The van der Waals surface area contributed by atoms with E-state index in [0.717, 1.165) is 49.1 Å². The number of hydrogen-bond acceptors (Lipinski definition) is 2. The maximum absolute atomic E-state index is 6.22. The lowest BCUT2D eigenvalue weighted by Gasteiger charge is -2.29. The predicted octanol–water partition coefficient (Wildman–Crippen LogP) is 2.90. The van der Waals surface area contributed by atoms with Crippen LogP contribution >= 0.6 is 23.8 Å². The van der Waals surface area contributed by atoms with Gasteiger partial charge in [-0.1, -0.05) is 47.5 Å². The van der Waals surface area contributed by atoms with E-state index in [0.29, 0.717) is 5.11 Å². The number of aryl methyl sites for hydroxylation is 1. The van der Waals surface area contributed by atoms with E-state index >= 15 is 0 Å². The Hall–Kier alpha value is -1.66. The van der Waals surface area contributed by atoms with Crippen molar-refractivity contribution in [2.75, 3.05) is 38.2 Å². The van der Waals surface area contributed by atoms with Crippen LogP contribution in [0.2, 0.25) is 5.02 Å². The average molecular weight is 405 g/mol. The van der Waals surface area contributed by atoms with Gasteiger partial charge in [0.05, 0.1) is 13.2 Å². The topological polar surface area (TPSA) is 37.7 Å². The molecule has 1 aliphatic heterocycles. The molecule has 2 aromatic rings. The van der Waals surface area contributed by atoms with Crippen molar-refractivity contribution < 1.29 is 9.64 Å². The van der Waals surface area contributed by atoms with Crippen LogP contribution in [-0.4, -0.2) is 38.0 Å². The Labute approximate surface area is 171 Å². The molecule has 0 radical (unpaired) electrons. The molecule has 1 fully saturated rings. The molecule has 1 saturated heterocycles. The van der Waals surface area contributed by atoms with Gasteiger partial charge < -0.3 is 20.3 Å². The molecule has 27 heavy (non-hydrogen) atoms. The van der Waals surface area contributed by atoms with Gasteiger partial charge in [0, 0.05) is 10.7 Å². The summed E-state index contributed by atoms with van der Waals surface area (Å²) in [4.78, 5) is 1.53. The smallest absolute Gasteiger partial charge is 0.171 e. The van der Waals surface area contributed by atoms with Crippen molar-refractivity contribution >= 4 is 34.6 Å². The molecule has 0 unspecified atom stereocenters. The van der Waals surface area contributed by atoms with E-state index in [1.54, 1.807) is 0 Å². The zero-order valence-corrected chi connectivity index (χ0v) is 17.4. The maximum Gasteiger partial charge on any atom is 0.171 e. The quantitative estimate of drug-likeness (QED) is 0.670. The average Bonchev–Trinajstić information content (AvgIpc) is 2.66. The van der Waals surface area contributed by atoms with Crippen molar-refractivity contribution in [3.63, 3.8) is 0 Å². The van der Waals surface area contributed by atoms with Crippen molar-refractivity contribution in [3.8, 4) is 0 Å². The first kappa shape index (κ1) is 20.1. The summed E-state index contributed by atoms with van der Waals surface area (Å²) >= 11 is 11.8. The maximum atomic E-state index is 6.22. The molecule has 1 heterocycles. The second kappa shape index (κ2) is 9.51. The van der Waals surface area contributed by atoms with Gasteiger partial charge in [-0.05, 0) is 49.3 Å². The van der Waals surface area contributed by atoms with Crippen molar-refractivity contribution in [2.24, 2.45) is 0 Å². The van der Waals surface area contributed by atoms with Crippen molar-refractivity contribution in [1.29, 1.82) is 0 Å². The first-order valence-corrected chi connectivity index (χ1v) is 10.1. The third kappa shape index (κ3) is 5.66. The lowest BCUT2D eigenvalue weighted by atomic mass is 10.0. The van der Waals surface area contributed by atoms with E-state index in [9.17, 15) is 0 Å². The highest BCUT2D eigenvalue weighted by atomic mass is 35.5. The summed E-state index contributed by atoms with van der Waals surface area (Å²) in [7, 11) is 0. The van der Waals surface area contributed by atoms with Crippen LogP contribution < -0.4 is 15.5 Å². The Morgan fingerprint density at radius 1 is 1.15 bits per heavy atom. The molecule has 0 aliphatic carbocycles. The minimum Gasteiger partial charge on any atom is -0.370 e. The Bertz CT molecular complexity index is 775. The van der Waals surface area contributed by atoms with Crippen LogP contribution in [0.4, 0.5) is 5.69 Å². The van der Waals surface area contributed by atoms with Crippen LogP contribution in [0.3, 0.4) is 0 Å². The highest BCUT2D eigenvalue weighted by molar-refractivity contribution is 7.80. The summed E-state index contributed by atoms with van der Waals surface area (Å²) in [5, 5.41) is 8.15. The molecule has 3 N–H and O–H groups in total. The van der Waals surface area contributed by atoms with Crippen LogP contribution in [0, 0.1) is 13.8 Å². The lowest BCUT2D eigenvalue weighted by molar-refractivity contribution is -0.909. The van der Waals surface area contributed by atoms with Gasteiger partial charge in [-0.25, -0.2) is 0 Å². The third-order valence-electron chi connectivity index (χ3n) is 4.99. The fourth-order valence-corrected chi connectivity index (χ4v) is 3.69. The van der Waals surface area contributed by atoms with Crippen LogP contribution in [0.1, 0.15) is 22.7 Å². The summed E-state index contributed by atoms with van der Waals surface area (Å²) in [6.45, 7) is 8.74. The number of rotatable bonds is 5. The number of nitrogens with one attached hydrogen (secondary N) is 3. The molecule has 1 aliphatic rings. The van der Waals surface area contributed by atoms with E-state index in [1.807, 2.05) is 25.1 Å². The van der Waals surface area contributed by atoms with E-state index in [-0.39, 0.29) is 6.04 Å². The Kier molecular flexibility index (Phi) is 7.07. The summed E-state index contributed by atoms with van der Waals surface area (Å²) in [6.07, 6.45) is 0. The van der Waals surface area contributed by atoms with Crippen molar-refractivity contribution in [1.82, 2.24) is 5.32 Å². The van der Waals surface area contributed by atoms with Gasteiger partial charge in [0.2, 0.25) is 0 Å². The molecule has 3 rings (SSSR count). The van der Waals surface area contributed by atoms with Crippen LogP contribution in [0.15, 0.2) is 42.5 Å². The molecule has 0 amide bonds. The van der Waals surface area contributed by atoms with Crippen LogP contribution in [-0.2, 0) is 4.74 Å². The molecule has 144 valence electrons. The largest absolute Gasteiger partial charge is 0.370 e. The van der Waals surface area contributed by atoms with Gasteiger partial charge in [0.25, 0.3) is 0 Å². The normalized spacial score (nSPS) is 16.0. The van der Waals surface area contributed by atoms with Gasteiger partial charge in [0.1, 0.15) is 25.7 Å². The standard InChI is InChI=1S/C21H26ClN3OS/c1-15-6-8-17(9-7-15)20(14-25-10-12-26-13-11-25)24-21(27)23-19-5-3-4-18(22)16(19)2/h3-9,20H,10-14H2,1-2H3,(H2,23,24,27)/p+1/t20-/m0/s1. The van der Waals surface area contributed by atoms with Crippen molar-refractivity contribution in [2.45, 2.75) is 19.9 Å². The summed E-state index contributed by atoms with van der Waals surface area (Å²) in [5.74, 6) is 0. The molecule has 2 aromatic carbocycles. The Morgan fingerprint density at radius 2 is 1.85 bits per heavy atom. The van der Waals surface area contributed by atoms with Crippen molar-refractivity contribution in [3.05, 3.63) is 64.2 Å². The fourth-order valence-electron chi connectivity index (χ4n) is 3.26. The number of quaternary nitrogens is 1. The van der Waals surface area contributed by atoms with Gasteiger partial charge in [-0.2, -0.15) is 0 Å². The molecule has 0 bridgehead atoms. The molecule has 1 atom stereocenters. The minimum absolute atomic E-state index is 0.137.